The van der Waals surface area contributed by atoms with Crippen molar-refractivity contribution < 1.29 is 0 Å². The molecule has 0 radical (unpaired) electrons. The predicted octanol–water partition coefficient (Wildman–Crippen LogP) is 9.14. The molecule has 0 N–H and O–H groups in total. The zero-order valence-corrected chi connectivity index (χ0v) is 22.7. The van der Waals surface area contributed by atoms with Crippen molar-refractivity contribution in [2.24, 2.45) is 0 Å². The first-order chi connectivity index (χ1) is 20.1. The van der Waals surface area contributed by atoms with E-state index < -0.39 is 0 Å². The van der Waals surface area contributed by atoms with E-state index in [-0.39, 0.29) is 0 Å². The quantitative estimate of drug-likeness (QED) is 0.214. The first kappa shape index (κ1) is 24.4. The molecule has 2 heterocycles. The van der Waals surface area contributed by atoms with Crippen LogP contribution in [0.3, 0.4) is 0 Å². The Bertz CT molecular complexity index is 2000. The lowest BCUT2D eigenvalue weighted by Crippen LogP contribution is -2.01. The second-order valence-corrected chi connectivity index (χ2v) is 10.2. The Morgan fingerprint density at radius 1 is 0.561 bits per heavy atom. The number of aromatic nitrogens is 4. The van der Waals surface area contributed by atoms with Crippen molar-refractivity contribution in [1.29, 1.82) is 0 Å². The van der Waals surface area contributed by atoms with Crippen molar-refractivity contribution in [2.45, 2.75) is 13.8 Å². The molecule has 0 saturated carbocycles. The maximum atomic E-state index is 7.97. The minimum atomic E-state index is 0.470. The van der Waals surface area contributed by atoms with Crippen LogP contribution in [0.1, 0.15) is 11.1 Å². The molecular formula is C36H25N5. The summed E-state index contributed by atoms with van der Waals surface area (Å²) < 4.78 is 2.26. The molecule has 0 unspecified atom stereocenters. The third kappa shape index (κ3) is 4.32. The molecule has 0 fully saturated rings. The van der Waals surface area contributed by atoms with Crippen molar-refractivity contribution in [3.63, 3.8) is 0 Å². The van der Waals surface area contributed by atoms with Gasteiger partial charge in [-0.05, 0) is 50.2 Å². The summed E-state index contributed by atoms with van der Waals surface area (Å²) in [5, 5.41) is 2.41. The summed E-state index contributed by atoms with van der Waals surface area (Å²) in [6.07, 6.45) is 0. The zero-order valence-electron chi connectivity index (χ0n) is 22.7. The molecule has 7 rings (SSSR count). The highest BCUT2D eigenvalue weighted by Crippen LogP contribution is 2.37. The smallest absolute Gasteiger partial charge is 0.198 e. The van der Waals surface area contributed by atoms with E-state index in [4.69, 9.17) is 21.5 Å². The highest BCUT2D eigenvalue weighted by Gasteiger charge is 2.18. The van der Waals surface area contributed by atoms with Crippen molar-refractivity contribution in [3.8, 4) is 39.9 Å². The number of aryl methyl sites for hydroxylation is 2. The maximum absolute atomic E-state index is 7.97. The lowest BCUT2D eigenvalue weighted by molar-refractivity contribution is 1.07. The number of rotatable bonds is 4. The highest BCUT2D eigenvalue weighted by atomic mass is 15.0. The summed E-state index contributed by atoms with van der Waals surface area (Å²) in [5.74, 6) is 1.61. The molecule has 0 spiro atoms. The van der Waals surface area contributed by atoms with Crippen LogP contribution >= 0.6 is 0 Å². The van der Waals surface area contributed by atoms with Crippen LogP contribution in [0.2, 0.25) is 0 Å². The van der Waals surface area contributed by atoms with Gasteiger partial charge in [0.15, 0.2) is 23.2 Å². The van der Waals surface area contributed by atoms with E-state index in [1.807, 2.05) is 78.9 Å². The molecular weight excluding hydrogens is 502 g/mol. The van der Waals surface area contributed by atoms with Gasteiger partial charge in [0.05, 0.1) is 17.6 Å². The molecule has 2 aromatic heterocycles. The van der Waals surface area contributed by atoms with Crippen LogP contribution in [-0.4, -0.2) is 19.5 Å². The van der Waals surface area contributed by atoms with E-state index in [0.717, 1.165) is 27.8 Å². The standard InChI is InChI=1S/C36H25N5/c1-23-14-18-32-28(20-23)29-21-24(2)15-19-33(29)41(32)27-16-17-31(37-3)30(22-27)36-39-34(25-10-6-4-7-11-25)38-35(40-36)26-12-8-5-9-13-26/h4-22H,1-2H3. The van der Waals surface area contributed by atoms with Crippen molar-refractivity contribution in [3.05, 3.63) is 138 Å². The SMILES string of the molecule is [C-]#[N+]c1ccc(-n2c3ccc(C)cc3c3cc(C)ccc32)cc1-c1nc(-c2ccccc2)nc(-c2ccccc2)n1. The van der Waals surface area contributed by atoms with Crippen LogP contribution < -0.4 is 0 Å². The molecule has 0 aliphatic heterocycles. The number of benzene rings is 5. The number of nitrogens with zero attached hydrogens (tertiary/aromatic N) is 5. The normalized spacial score (nSPS) is 11.1. The van der Waals surface area contributed by atoms with Gasteiger partial charge in [-0.3, -0.25) is 0 Å². The first-order valence-corrected chi connectivity index (χ1v) is 13.5. The Morgan fingerprint density at radius 3 is 1.59 bits per heavy atom. The molecule has 0 aliphatic rings. The lowest BCUT2D eigenvalue weighted by Gasteiger charge is -2.13. The second kappa shape index (κ2) is 9.86. The highest BCUT2D eigenvalue weighted by molar-refractivity contribution is 6.09. The Balaban J connectivity index is 1.49. The summed E-state index contributed by atoms with van der Waals surface area (Å²) in [6.45, 7) is 12.2. The van der Waals surface area contributed by atoms with Crippen LogP contribution in [0.5, 0.6) is 0 Å². The maximum Gasteiger partial charge on any atom is 0.198 e. The van der Waals surface area contributed by atoms with E-state index in [1.165, 1.54) is 21.9 Å². The number of hydrogen-bond donors (Lipinski definition) is 0. The van der Waals surface area contributed by atoms with Crippen molar-refractivity contribution >= 4 is 27.5 Å². The molecule has 0 aliphatic carbocycles. The van der Waals surface area contributed by atoms with Crippen molar-refractivity contribution in [2.75, 3.05) is 0 Å². The van der Waals surface area contributed by atoms with E-state index in [1.54, 1.807) is 0 Å². The summed E-state index contributed by atoms with van der Waals surface area (Å²) in [5.41, 5.74) is 8.55. The minimum absolute atomic E-state index is 0.470. The van der Waals surface area contributed by atoms with Crippen molar-refractivity contribution in [1.82, 2.24) is 19.5 Å². The first-order valence-electron chi connectivity index (χ1n) is 13.5. The van der Waals surface area contributed by atoms with Crippen LogP contribution in [-0.2, 0) is 0 Å². The van der Waals surface area contributed by atoms with E-state index >= 15 is 0 Å². The summed E-state index contributed by atoms with van der Waals surface area (Å²) in [6, 6.07) is 38.8. The molecule has 194 valence electrons. The fraction of sp³-hybridized carbons (Fsp3) is 0.0556. The molecule has 0 atom stereocenters. The second-order valence-electron chi connectivity index (χ2n) is 10.2. The van der Waals surface area contributed by atoms with Gasteiger partial charge in [-0.2, -0.15) is 0 Å². The monoisotopic (exact) mass is 527 g/mol. The van der Waals surface area contributed by atoms with E-state index in [9.17, 15) is 0 Å². The van der Waals surface area contributed by atoms with Crippen LogP contribution in [0, 0.1) is 20.4 Å². The predicted molar refractivity (Wildman–Crippen MR) is 166 cm³/mol. The van der Waals surface area contributed by atoms with E-state index in [2.05, 4.69) is 59.7 Å². The molecule has 5 heteroatoms. The fourth-order valence-corrected chi connectivity index (χ4v) is 5.40. The molecule has 0 bridgehead atoms. The molecule has 7 aromatic rings. The van der Waals surface area contributed by atoms with E-state index in [0.29, 0.717) is 28.7 Å². The van der Waals surface area contributed by atoms with Crippen LogP contribution in [0.15, 0.2) is 115 Å². The average Bonchev–Trinajstić information content (AvgIpc) is 3.34. The third-order valence-corrected chi connectivity index (χ3v) is 7.38. The Kier molecular flexibility index (Phi) is 5.88. The third-order valence-electron chi connectivity index (χ3n) is 7.38. The van der Waals surface area contributed by atoms with Gasteiger partial charge in [0.1, 0.15) is 0 Å². The molecule has 0 saturated heterocycles. The largest absolute Gasteiger partial charge is 0.309 e. The zero-order chi connectivity index (χ0) is 27.9. The summed E-state index contributed by atoms with van der Waals surface area (Å²) in [4.78, 5) is 18.5. The van der Waals surface area contributed by atoms with Gasteiger partial charge < -0.3 is 4.57 Å². The van der Waals surface area contributed by atoms with Gasteiger partial charge in [0.2, 0.25) is 0 Å². The Labute approximate surface area is 238 Å². The topological polar surface area (TPSA) is 48.0 Å². The fourth-order valence-electron chi connectivity index (χ4n) is 5.40. The van der Waals surface area contributed by atoms with Gasteiger partial charge in [-0.15, -0.1) is 0 Å². The molecule has 41 heavy (non-hydrogen) atoms. The number of fused-ring (bicyclic) bond motifs is 3. The number of hydrogen-bond acceptors (Lipinski definition) is 3. The lowest BCUT2D eigenvalue weighted by atomic mass is 10.1. The summed E-state index contributed by atoms with van der Waals surface area (Å²) in [7, 11) is 0. The van der Waals surface area contributed by atoms with Gasteiger partial charge in [0.25, 0.3) is 0 Å². The van der Waals surface area contributed by atoms with Crippen LogP contribution in [0.4, 0.5) is 5.69 Å². The average molecular weight is 528 g/mol. The summed E-state index contributed by atoms with van der Waals surface area (Å²) >= 11 is 0. The molecule has 5 nitrogen and oxygen atoms in total. The molecule has 0 amide bonds. The van der Waals surface area contributed by atoms with Gasteiger partial charge >= 0.3 is 0 Å². The van der Waals surface area contributed by atoms with Gasteiger partial charge in [-0.1, -0.05) is 90.0 Å². The van der Waals surface area contributed by atoms with Crippen LogP contribution in [0.25, 0.3) is 66.5 Å². The molecule has 5 aromatic carbocycles. The van der Waals surface area contributed by atoms with Gasteiger partial charge in [0, 0.05) is 33.2 Å². The Hall–Kier alpha value is -5.60. The minimum Gasteiger partial charge on any atom is -0.309 e. The van der Waals surface area contributed by atoms with Gasteiger partial charge in [-0.25, -0.2) is 19.8 Å². The Morgan fingerprint density at radius 2 is 1.07 bits per heavy atom.